The van der Waals surface area contributed by atoms with Gasteiger partial charge < -0.3 is 20.1 Å². The van der Waals surface area contributed by atoms with Gasteiger partial charge in [0.15, 0.2) is 0 Å². The molecular weight excluding hydrogens is 426 g/mol. The molecule has 0 saturated heterocycles. The number of non-ortho nitro benzene ring substituents is 1. The molecule has 0 spiro atoms. The SMILES string of the molecule is CCOC(=O)C1=C(CSCNC=O)NC(C)=C(C(=O)OC)C1c1cccc([N+](=O)[O-])c1. The number of nitrogens with one attached hydrogen (secondary N) is 2. The molecule has 1 amide bonds. The Balaban J connectivity index is 2.67. The largest absolute Gasteiger partial charge is 0.466 e. The minimum atomic E-state index is -0.928. The van der Waals surface area contributed by atoms with Crippen molar-refractivity contribution in [1.29, 1.82) is 0 Å². The van der Waals surface area contributed by atoms with Crippen molar-refractivity contribution in [1.82, 2.24) is 10.6 Å². The summed E-state index contributed by atoms with van der Waals surface area (Å²) in [5.74, 6) is -1.65. The Kier molecular flexibility index (Phi) is 8.62. The van der Waals surface area contributed by atoms with Crippen LogP contribution in [0.4, 0.5) is 5.69 Å². The van der Waals surface area contributed by atoms with E-state index in [2.05, 4.69) is 10.6 Å². The van der Waals surface area contributed by atoms with Crippen LogP contribution in [0.2, 0.25) is 0 Å². The summed E-state index contributed by atoms with van der Waals surface area (Å²) in [4.78, 5) is 46.8. The molecule has 1 aliphatic heterocycles. The number of thioether (sulfide) groups is 1. The number of nitro benzene ring substituents is 1. The molecule has 0 saturated carbocycles. The van der Waals surface area contributed by atoms with Crippen molar-refractivity contribution in [2.45, 2.75) is 19.8 Å². The van der Waals surface area contributed by atoms with Crippen molar-refractivity contribution >= 4 is 35.8 Å². The number of ether oxygens (including phenoxy) is 2. The van der Waals surface area contributed by atoms with E-state index < -0.39 is 22.8 Å². The molecule has 0 radical (unpaired) electrons. The van der Waals surface area contributed by atoms with Crippen molar-refractivity contribution in [3.63, 3.8) is 0 Å². The molecule has 0 aliphatic carbocycles. The van der Waals surface area contributed by atoms with Crippen LogP contribution in [0, 0.1) is 10.1 Å². The molecule has 11 heteroatoms. The van der Waals surface area contributed by atoms with Gasteiger partial charge in [0.05, 0.1) is 41.6 Å². The van der Waals surface area contributed by atoms with Crippen molar-refractivity contribution < 1.29 is 28.8 Å². The zero-order valence-corrected chi connectivity index (χ0v) is 18.1. The molecule has 0 bridgehead atoms. The lowest BCUT2D eigenvalue weighted by Crippen LogP contribution is -2.34. The van der Waals surface area contributed by atoms with Gasteiger partial charge in [0.1, 0.15) is 0 Å². The lowest BCUT2D eigenvalue weighted by molar-refractivity contribution is -0.384. The number of carbonyl (C=O) groups is 3. The predicted molar refractivity (Wildman–Crippen MR) is 114 cm³/mol. The summed E-state index contributed by atoms with van der Waals surface area (Å²) in [5.41, 5.74) is 1.46. The maximum absolute atomic E-state index is 13.0. The summed E-state index contributed by atoms with van der Waals surface area (Å²) in [5, 5.41) is 16.9. The number of methoxy groups -OCH3 is 1. The zero-order valence-electron chi connectivity index (χ0n) is 17.3. The number of nitro groups is 1. The first-order chi connectivity index (χ1) is 14.8. The number of carbonyl (C=O) groups excluding carboxylic acids is 3. The van der Waals surface area contributed by atoms with Gasteiger partial charge in [0, 0.05) is 29.3 Å². The topological polar surface area (TPSA) is 137 Å². The standard InChI is InChI=1S/C20H23N3O7S/c1-4-30-20(26)18-15(9-31-11-21-10-24)22-12(2)16(19(25)29-3)17(18)13-6-5-7-14(8-13)23(27)28/h5-8,10,17,22H,4,9,11H2,1-3H3,(H,21,24). The van der Waals surface area contributed by atoms with Gasteiger partial charge >= 0.3 is 11.9 Å². The molecule has 0 aromatic heterocycles. The van der Waals surface area contributed by atoms with E-state index in [0.717, 1.165) is 0 Å². The third-order valence-electron chi connectivity index (χ3n) is 4.48. The molecule has 1 aromatic carbocycles. The van der Waals surface area contributed by atoms with Crippen LogP contribution in [0.25, 0.3) is 0 Å². The van der Waals surface area contributed by atoms with Gasteiger partial charge in [-0.15, -0.1) is 11.8 Å². The molecule has 1 aliphatic rings. The van der Waals surface area contributed by atoms with Gasteiger partial charge in [-0.1, -0.05) is 12.1 Å². The van der Waals surface area contributed by atoms with Crippen LogP contribution < -0.4 is 10.6 Å². The molecule has 2 rings (SSSR count). The fraction of sp³-hybridized carbons (Fsp3) is 0.350. The van der Waals surface area contributed by atoms with Crippen molar-refractivity contribution in [3.05, 3.63) is 62.5 Å². The Morgan fingerprint density at radius 3 is 2.68 bits per heavy atom. The van der Waals surface area contributed by atoms with Gasteiger partial charge in [-0.05, 0) is 19.4 Å². The maximum Gasteiger partial charge on any atom is 0.336 e. The summed E-state index contributed by atoms with van der Waals surface area (Å²) in [7, 11) is 1.22. The zero-order chi connectivity index (χ0) is 23.0. The van der Waals surface area contributed by atoms with Gasteiger partial charge in [-0.25, -0.2) is 9.59 Å². The Morgan fingerprint density at radius 1 is 1.32 bits per heavy atom. The normalized spacial score (nSPS) is 15.8. The number of allylic oxidation sites excluding steroid dienone is 1. The third kappa shape index (κ3) is 5.63. The molecule has 2 N–H and O–H groups in total. The quantitative estimate of drug-likeness (QED) is 0.137. The number of rotatable bonds is 10. The highest BCUT2D eigenvalue weighted by Crippen LogP contribution is 2.40. The van der Waals surface area contributed by atoms with E-state index in [0.29, 0.717) is 35.0 Å². The van der Waals surface area contributed by atoms with Crippen LogP contribution >= 0.6 is 11.8 Å². The molecule has 1 atom stereocenters. The van der Waals surface area contributed by atoms with Crippen LogP contribution in [0.1, 0.15) is 25.3 Å². The summed E-state index contributed by atoms with van der Waals surface area (Å²) < 4.78 is 10.2. The summed E-state index contributed by atoms with van der Waals surface area (Å²) in [6.45, 7) is 3.42. The number of benzene rings is 1. The molecule has 0 fully saturated rings. The minimum Gasteiger partial charge on any atom is -0.466 e. The van der Waals surface area contributed by atoms with Crippen molar-refractivity contribution in [2.24, 2.45) is 0 Å². The Bertz CT molecular complexity index is 942. The molecule has 166 valence electrons. The maximum atomic E-state index is 13.0. The first-order valence-electron chi connectivity index (χ1n) is 9.31. The highest BCUT2D eigenvalue weighted by molar-refractivity contribution is 7.99. The molecule has 1 unspecified atom stereocenters. The van der Waals surface area contributed by atoms with Gasteiger partial charge in [-0.2, -0.15) is 0 Å². The minimum absolute atomic E-state index is 0.105. The molecule has 1 aromatic rings. The van der Waals surface area contributed by atoms with E-state index in [1.54, 1.807) is 19.9 Å². The van der Waals surface area contributed by atoms with Crippen molar-refractivity contribution in [3.8, 4) is 0 Å². The average molecular weight is 449 g/mol. The summed E-state index contributed by atoms with van der Waals surface area (Å²) in [6, 6.07) is 5.75. The molecule has 31 heavy (non-hydrogen) atoms. The second-order valence-electron chi connectivity index (χ2n) is 6.37. The van der Waals surface area contributed by atoms with Crippen LogP contribution in [-0.2, 0) is 23.9 Å². The summed E-state index contributed by atoms with van der Waals surface area (Å²) in [6.07, 6.45) is 0.564. The van der Waals surface area contributed by atoms with E-state index in [1.165, 1.54) is 37.1 Å². The number of esters is 2. The smallest absolute Gasteiger partial charge is 0.336 e. The second-order valence-corrected chi connectivity index (χ2v) is 7.35. The highest BCUT2D eigenvalue weighted by atomic mass is 32.2. The van der Waals surface area contributed by atoms with Gasteiger partial charge in [0.25, 0.3) is 5.69 Å². The highest BCUT2D eigenvalue weighted by Gasteiger charge is 2.39. The molecular formula is C20H23N3O7S. The average Bonchev–Trinajstić information content (AvgIpc) is 2.75. The van der Waals surface area contributed by atoms with E-state index in [9.17, 15) is 24.5 Å². The van der Waals surface area contributed by atoms with E-state index in [1.807, 2.05) is 0 Å². The first kappa shape index (κ1) is 23.9. The van der Waals surface area contributed by atoms with E-state index in [4.69, 9.17) is 9.47 Å². The Morgan fingerprint density at radius 2 is 2.06 bits per heavy atom. The lowest BCUT2D eigenvalue weighted by Gasteiger charge is -2.31. The number of amides is 1. The van der Waals surface area contributed by atoms with Gasteiger partial charge in [-0.3, -0.25) is 14.9 Å². The van der Waals surface area contributed by atoms with Gasteiger partial charge in [0.2, 0.25) is 6.41 Å². The summed E-state index contributed by atoms with van der Waals surface area (Å²) >= 11 is 1.33. The van der Waals surface area contributed by atoms with E-state index >= 15 is 0 Å². The van der Waals surface area contributed by atoms with Crippen molar-refractivity contribution in [2.75, 3.05) is 25.3 Å². The number of hydrogen-bond acceptors (Lipinski definition) is 9. The Hall–Kier alpha value is -3.34. The monoisotopic (exact) mass is 449 g/mol. The second kappa shape index (κ2) is 11.2. The van der Waals surface area contributed by atoms with E-state index in [-0.39, 0.29) is 23.4 Å². The Labute approximate surface area is 183 Å². The van der Waals surface area contributed by atoms with Crippen LogP contribution in [0.15, 0.2) is 46.8 Å². The number of nitrogens with zero attached hydrogens (tertiary/aromatic N) is 1. The number of hydrogen-bond donors (Lipinski definition) is 2. The molecule has 1 heterocycles. The van der Waals surface area contributed by atoms with Crippen LogP contribution in [-0.4, -0.2) is 48.6 Å². The van der Waals surface area contributed by atoms with Crippen LogP contribution in [0.3, 0.4) is 0 Å². The third-order valence-corrected chi connectivity index (χ3v) is 5.34. The van der Waals surface area contributed by atoms with Crippen LogP contribution in [0.5, 0.6) is 0 Å². The fourth-order valence-electron chi connectivity index (χ4n) is 3.24. The predicted octanol–water partition coefficient (Wildman–Crippen LogP) is 1.98. The molecule has 10 nitrogen and oxygen atoms in total. The lowest BCUT2D eigenvalue weighted by atomic mass is 9.80. The number of dihydropyridines is 1. The first-order valence-corrected chi connectivity index (χ1v) is 10.5. The fourth-order valence-corrected chi connectivity index (χ4v) is 3.96.